The van der Waals surface area contributed by atoms with Gasteiger partial charge in [-0.3, -0.25) is 0 Å². The van der Waals surface area contributed by atoms with E-state index in [1.807, 2.05) is 42.5 Å². The molecular formula is C17H16O3. The van der Waals surface area contributed by atoms with E-state index in [9.17, 15) is 5.11 Å². The monoisotopic (exact) mass is 268 g/mol. The summed E-state index contributed by atoms with van der Waals surface area (Å²) in [5, 5.41) is 10.8. The van der Waals surface area contributed by atoms with E-state index in [4.69, 9.17) is 9.15 Å². The second-order valence-electron chi connectivity index (χ2n) is 4.72. The van der Waals surface area contributed by atoms with Crippen molar-refractivity contribution < 1.29 is 14.3 Å². The molecule has 0 aliphatic heterocycles. The molecule has 3 aromatic rings. The van der Waals surface area contributed by atoms with Gasteiger partial charge < -0.3 is 14.3 Å². The lowest BCUT2D eigenvalue weighted by Gasteiger charge is -2.02. The maximum absolute atomic E-state index is 9.76. The third-order valence-corrected chi connectivity index (χ3v) is 3.41. The lowest BCUT2D eigenvalue weighted by Crippen LogP contribution is -1.89. The van der Waals surface area contributed by atoms with Crippen LogP contribution in [0.1, 0.15) is 11.3 Å². The van der Waals surface area contributed by atoms with Gasteiger partial charge in [0.05, 0.1) is 7.11 Å². The number of aryl methyl sites for hydroxylation is 2. The number of methoxy groups -OCH3 is 1. The molecule has 3 nitrogen and oxygen atoms in total. The number of ether oxygens (including phenoxy) is 1. The summed E-state index contributed by atoms with van der Waals surface area (Å²) in [5.41, 5.74) is 1.71. The molecular weight excluding hydrogens is 252 g/mol. The van der Waals surface area contributed by atoms with Crippen molar-refractivity contribution >= 4 is 11.0 Å². The molecule has 1 N–H and O–H groups in total. The minimum Gasteiger partial charge on any atom is -0.508 e. The Morgan fingerprint density at radius 3 is 2.70 bits per heavy atom. The predicted octanol–water partition coefficient (Wildman–Crippen LogP) is 3.93. The molecule has 1 heterocycles. The minimum atomic E-state index is 0.334. The van der Waals surface area contributed by atoms with E-state index in [0.29, 0.717) is 5.75 Å². The lowest BCUT2D eigenvalue weighted by molar-refractivity contribution is 0.407. The summed E-state index contributed by atoms with van der Waals surface area (Å²) >= 11 is 0. The maximum atomic E-state index is 9.76. The van der Waals surface area contributed by atoms with Gasteiger partial charge in [0.15, 0.2) is 11.3 Å². The van der Waals surface area contributed by atoms with Gasteiger partial charge in [0.1, 0.15) is 11.5 Å². The van der Waals surface area contributed by atoms with Crippen LogP contribution < -0.4 is 4.74 Å². The van der Waals surface area contributed by atoms with E-state index >= 15 is 0 Å². The number of phenolic OH excluding ortho intramolecular Hbond substituents is 1. The highest BCUT2D eigenvalue weighted by Crippen LogP contribution is 2.29. The van der Waals surface area contributed by atoms with Crippen LogP contribution in [0.3, 0.4) is 0 Å². The van der Waals surface area contributed by atoms with Crippen molar-refractivity contribution in [1.82, 2.24) is 0 Å². The summed E-state index contributed by atoms with van der Waals surface area (Å²) in [7, 11) is 1.64. The van der Waals surface area contributed by atoms with Crippen LogP contribution in [0.25, 0.3) is 11.0 Å². The van der Waals surface area contributed by atoms with E-state index in [1.165, 1.54) is 0 Å². The van der Waals surface area contributed by atoms with E-state index < -0.39 is 0 Å². The number of furan rings is 1. The maximum Gasteiger partial charge on any atom is 0.176 e. The van der Waals surface area contributed by atoms with Crippen molar-refractivity contribution in [3.8, 4) is 11.5 Å². The lowest BCUT2D eigenvalue weighted by atomic mass is 10.1. The SMILES string of the molecule is COc1cccc2cc(CCc3ccccc3O)oc12. The van der Waals surface area contributed by atoms with Crippen LogP contribution in [0.5, 0.6) is 11.5 Å². The Hall–Kier alpha value is -2.42. The summed E-state index contributed by atoms with van der Waals surface area (Å²) in [6, 6.07) is 15.3. The molecule has 0 amide bonds. The van der Waals surface area contributed by atoms with Crippen LogP contribution in [0.2, 0.25) is 0 Å². The van der Waals surface area contributed by atoms with Crippen LogP contribution in [0.15, 0.2) is 52.9 Å². The van der Waals surface area contributed by atoms with Gasteiger partial charge in [0.2, 0.25) is 0 Å². The highest BCUT2D eigenvalue weighted by atomic mass is 16.5. The zero-order valence-electron chi connectivity index (χ0n) is 11.3. The molecule has 102 valence electrons. The van der Waals surface area contributed by atoms with Crippen LogP contribution in [0.4, 0.5) is 0 Å². The zero-order chi connectivity index (χ0) is 13.9. The van der Waals surface area contributed by atoms with Gasteiger partial charge in [0.25, 0.3) is 0 Å². The first-order valence-corrected chi connectivity index (χ1v) is 6.60. The Balaban J connectivity index is 1.83. The Bertz CT molecular complexity index is 728. The van der Waals surface area contributed by atoms with Crippen LogP contribution in [-0.4, -0.2) is 12.2 Å². The number of rotatable bonds is 4. The van der Waals surface area contributed by atoms with Crippen LogP contribution in [-0.2, 0) is 12.8 Å². The van der Waals surface area contributed by atoms with Gasteiger partial charge in [-0.1, -0.05) is 30.3 Å². The van der Waals surface area contributed by atoms with Crippen molar-refractivity contribution in [2.24, 2.45) is 0 Å². The molecule has 3 rings (SSSR count). The molecule has 0 atom stereocenters. The Morgan fingerprint density at radius 2 is 1.90 bits per heavy atom. The third-order valence-electron chi connectivity index (χ3n) is 3.41. The molecule has 2 aromatic carbocycles. The molecule has 0 aliphatic carbocycles. The average molecular weight is 268 g/mol. The standard InChI is InChI=1S/C17H16O3/c1-19-16-8-4-6-13-11-14(20-17(13)16)10-9-12-5-2-3-7-15(12)18/h2-8,11,18H,9-10H2,1H3. The number of benzene rings is 2. The topological polar surface area (TPSA) is 42.6 Å². The Morgan fingerprint density at radius 1 is 1.05 bits per heavy atom. The molecule has 3 heteroatoms. The molecule has 20 heavy (non-hydrogen) atoms. The molecule has 0 spiro atoms. The number of aromatic hydroxyl groups is 1. The molecule has 0 saturated carbocycles. The molecule has 0 bridgehead atoms. The third kappa shape index (κ3) is 2.35. The summed E-state index contributed by atoms with van der Waals surface area (Å²) in [6.45, 7) is 0. The second-order valence-corrected chi connectivity index (χ2v) is 4.72. The number of phenols is 1. The first-order valence-electron chi connectivity index (χ1n) is 6.60. The quantitative estimate of drug-likeness (QED) is 0.779. The van der Waals surface area contributed by atoms with Crippen molar-refractivity contribution in [3.05, 3.63) is 59.9 Å². The van der Waals surface area contributed by atoms with E-state index in [2.05, 4.69) is 0 Å². The first-order chi connectivity index (χ1) is 9.78. The normalized spacial score (nSPS) is 10.8. The summed E-state index contributed by atoms with van der Waals surface area (Å²) in [5.74, 6) is 1.98. The van der Waals surface area contributed by atoms with Crippen molar-refractivity contribution in [2.45, 2.75) is 12.8 Å². The van der Waals surface area contributed by atoms with Crippen molar-refractivity contribution in [1.29, 1.82) is 0 Å². The van der Waals surface area contributed by atoms with Gasteiger partial charge in [0, 0.05) is 11.8 Å². The predicted molar refractivity (Wildman–Crippen MR) is 78.3 cm³/mol. The minimum absolute atomic E-state index is 0.334. The van der Waals surface area contributed by atoms with Gasteiger partial charge >= 0.3 is 0 Å². The summed E-state index contributed by atoms with van der Waals surface area (Å²) in [4.78, 5) is 0. The molecule has 0 unspecified atom stereocenters. The summed E-state index contributed by atoms with van der Waals surface area (Å²) < 4.78 is 11.1. The fourth-order valence-corrected chi connectivity index (χ4v) is 2.35. The molecule has 0 radical (unpaired) electrons. The van der Waals surface area contributed by atoms with Crippen LogP contribution in [0, 0.1) is 0 Å². The Labute approximate surface area is 117 Å². The fraction of sp³-hybridized carbons (Fsp3) is 0.176. The van der Waals surface area contributed by atoms with Crippen molar-refractivity contribution in [2.75, 3.05) is 7.11 Å². The Kier molecular flexibility index (Phi) is 3.33. The average Bonchev–Trinajstić information content (AvgIpc) is 2.89. The molecule has 1 aromatic heterocycles. The highest BCUT2D eigenvalue weighted by molar-refractivity contribution is 5.83. The van der Waals surface area contributed by atoms with Gasteiger partial charge in [-0.2, -0.15) is 0 Å². The second kappa shape index (κ2) is 5.29. The number of fused-ring (bicyclic) bond motifs is 1. The van der Waals surface area contributed by atoms with Crippen molar-refractivity contribution in [3.63, 3.8) is 0 Å². The van der Waals surface area contributed by atoms with E-state index in [0.717, 1.165) is 40.9 Å². The van der Waals surface area contributed by atoms with Crippen LogP contribution >= 0.6 is 0 Å². The number of hydrogen-bond donors (Lipinski definition) is 1. The smallest absolute Gasteiger partial charge is 0.176 e. The molecule has 0 fully saturated rings. The van der Waals surface area contributed by atoms with E-state index in [1.54, 1.807) is 13.2 Å². The molecule has 0 saturated heterocycles. The molecule has 0 aliphatic rings. The first kappa shape index (κ1) is 12.6. The van der Waals surface area contributed by atoms with Gasteiger partial charge in [-0.25, -0.2) is 0 Å². The zero-order valence-corrected chi connectivity index (χ0v) is 11.3. The fourth-order valence-electron chi connectivity index (χ4n) is 2.35. The van der Waals surface area contributed by atoms with E-state index in [-0.39, 0.29) is 0 Å². The van der Waals surface area contributed by atoms with Gasteiger partial charge in [-0.15, -0.1) is 0 Å². The van der Waals surface area contributed by atoms with Gasteiger partial charge in [-0.05, 0) is 30.2 Å². The number of para-hydroxylation sites is 2. The highest BCUT2D eigenvalue weighted by Gasteiger charge is 2.09. The number of hydrogen-bond acceptors (Lipinski definition) is 3. The largest absolute Gasteiger partial charge is 0.508 e. The summed E-state index contributed by atoms with van der Waals surface area (Å²) in [6.07, 6.45) is 1.49.